The number of rotatable bonds is 6. The second-order valence-corrected chi connectivity index (χ2v) is 6.35. The molecule has 2 N–H and O–H groups in total. The van der Waals surface area contributed by atoms with Crippen molar-refractivity contribution in [1.82, 2.24) is 20.1 Å². The van der Waals surface area contributed by atoms with Crippen LogP contribution in [0.25, 0.3) is 0 Å². The summed E-state index contributed by atoms with van der Waals surface area (Å²) in [6.45, 7) is 0.167. The number of aliphatic hydroxyl groups is 1. The Hall–Kier alpha value is -2.48. The van der Waals surface area contributed by atoms with Crippen molar-refractivity contribution in [2.24, 2.45) is 13.0 Å². The van der Waals surface area contributed by atoms with Crippen LogP contribution in [0.4, 0.5) is 4.39 Å². The molecule has 0 unspecified atom stereocenters. The molecule has 134 valence electrons. The third-order valence-electron chi connectivity index (χ3n) is 4.50. The average Bonchev–Trinajstić information content (AvgIpc) is 3.16. The van der Waals surface area contributed by atoms with E-state index in [4.69, 9.17) is 4.74 Å². The number of benzene rings is 1. The first-order valence-electron chi connectivity index (χ1n) is 8.20. The summed E-state index contributed by atoms with van der Waals surface area (Å²) in [7, 11) is 1.88. The molecule has 3 atom stereocenters. The lowest BCUT2D eigenvalue weighted by Crippen LogP contribution is -2.35. The normalized spacial score (nSPS) is 22.8. The van der Waals surface area contributed by atoms with Gasteiger partial charge in [-0.1, -0.05) is 6.07 Å². The number of nitrogens with one attached hydrogen (secondary N) is 1. The summed E-state index contributed by atoms with van der Waals surface area (Å²) < 4.78 is 20.2. The van der Waals surface area contributed by atoms with Gasteiger partial charge in [-0.3, -0.25) is 4.79 Å². The monoisotopic (exact) mass is 348 g/mol. The standard InChI is InChI=1S/C17H21FN4O3/c1-22-10-20-21-17(22)11-5-12(15(23)6-11)8-19-16(24)9-25-14-4-2-3-13(18)7-14/h2-4,7,10-12,15,23H,5-6,8-9H2,1H3,(H,19,24)/t11-,12+,15+/m0/s1. The summed E-state index contributed by atoms with van der Waals surface area (Å²) in [6, 6.07) is 5.63. The van der Waals surface area contributed by atoms with E-state index in [0.717, 1.165) is 12.2 Å². The first kappa shape index (κ1) is 17.3. The summed E-state index contributed by atoms with van der Waals surface area (Å²) in [4.78, 5) is 11.9. The van der Waals surface area contributed by atoms with Crippen LogP contribution in [-0.2, 0) is 11.8 Å². The molecule has 0 radical (unpaired) electrons. The first-order valence-corrected chi connectivity index (χ1v) is 8.20. The van der Waals surface area contributed by atoms with Crippen LogP contribution < -0.4 is 10.1 Å². The third kappa shape index (κ3) is 4.33. The van der Waals surface area contributed by atoms with Crippen molar-refractivity contribution in [2.45, 2.75) is 24.9 Å². The lowest BCUT2D eigenvalue weighted by atomic mass is 10.0. The second-order valence-electron chi connectivity index (χ2n) is 6.35. The van der Waals surface area contributed by atoms with E-state index in [9.17, 15) is 14.3 Å². The van der Waals surface area contributed by atoms with Gasteiger partial charge < -0.3 is 19.7 Å². The Morgan fingerprint density at radius 3 is 3.04 bits per heavy atom. The molecule has 0 bridgehead atoms. The summed E-state index contributed by atoms with van der Waals surface area (Å²) in [5.74, 6) is 0.522. The van der Waals surface area contributed by atoms with Gasteiger partial charge in [0, 0.05) is 31.5 Å². The minimum absolute atomic E-state index is 0.0418. The third-order valence-corrected chi connectivity index (χ3v) is 4.50. The summed E-state index contributed by atoms with van der Waals surface area (Å²) in [5, 5.41) is 20.9. The molecule has 0 saturated heterocycles. The molecule has 25 heavy (non-hydrogen) atoms. The summed E-state index contributed by atoms with van der Waals surface area (Å²) in [5.41, 5.74) is 0. The Kier molecular flexibility index (Phi) is 5.28. The van der Waals surface area contributed by atoms with Crippen LogP contribution in [0.1, 0.15) is 24.6 Å². The maximum absolute atomic E-state index is 13.0. The van der Waals surface area contributed by atoms with Crippen LogP contribution in [0.15, 0.2) is 30.6 Å². The number of carbonyl (C=O) groups is 1. The molecule has 1 fully saturated rings. The molecule has 0 aliphatic heterocycles. The highest BCUT2D eigenvalue weighted by Gasteiger charge is 2.35. The average molecular weight is 348 g/mol. The molecule has 8 heteroatoms. The molecule has 3 rings (SSSR count). The van der Waals surface area contributed by atoms with Gasteiger partial charge in [0.1, 0.15) is 23.7 Å². The maximum atomic E-state index is 13.0. The predicted molar refractivity (Wildman–Crippen MR) is 87.4 cm³/mol. The number of halogens is 1. The summed E-state index contributed by atoms with van der Waals surface area (Å²) >= 11 is 0. The van der Waals surface area contributed by atoms with E-state index in [2.05, 4.69) is 15.5 Å². The molecule has 1 heterocycles. The van der Waals surface area contributed by atoms with Crippen LogP contribution >= 0.6 is 0 Å². The number of aliphatic hydroxyl groups excluding tert-OH is 1. The number of aryl methyl sites for hydroxylation is 1. The van der Waals surface area contributed by atoms with Crippen LogP contribution in [-0.4, -0.2) is 45.0 Å². The Morgan fingerprint density at radius 2 is 2.32 bits per heavy atom. The Labute approximate surface area is 144 Å². The number of aromatic nitrogens is 3. The molecule has 2 aromatic rings. The van der Waals surface area contributed by atoms with Gasteiger partial charge in [-0.15, -0.1) is 10.2 Å². The lowest BCUT2D eigenvalue weighted by molar-refractivity contribution is -0.123. The van der Waals surface area contributed by atoms with Gasteiger partial charge in [0.15, 0.2) is 6.61 Å². The highest BCUT2D eigenvalue weighted by Crippen LogP contribution is 2.37. The fourth-order valence-electron chi connectivity index (χ4n) is 3.20. The van der Waals surface area contributed by atoms with Crippen LogP contribution in [0.3, 0.4) is 0 Å². The molecule has 1 aliphatic rings. The van der Waals surface area contributed by atoms with Gasteiger partial charge in [0.05, 0.1) is 6.10 Å². The van der Waals surface area contributed by atoms with Gasteiger partial charge in [-0.25, -0.2) is 4.39 Å². The van der Waals surface area contributed by atoms with E-state index < -0.39 is 11.9 Å². The van der Waals surface area contributed by atoms with Gasteiger partial charge in [-0.05, 0) is 25.0 Å². The first-order chi connectivity index (χ1) is 12.0. The highest BCUT2D eigenvalue weighted by molar-refractivity contribution is 5.77. The molecule has 1 amide bonds. The fourth-order valence-corrected chi connectivity index (χ4v) is 3.20. The Balaban J connectivity index is 1.45. The largest absolute Gasteiger partial charge is 0.484 e. The SMILES string of the molecule is Cn1cnnc1[C@H]1C[C@H](CNC(=O)COc2cccc(F)c2)[C@H](O)C1. The molecule has 1 aromatic carbocycles. The molecule has 1 aromatic heterocycles. The van der Waals surface area contributed by atoms with Crippen molar-refractivity contribution in [1.29, 1.82) is 0 Å². The van der Waals surface area contributed by atoms with Crippen LogP contribution in [0.5, 0.6) is 5.75 Å². The zero-order chi connectivity index (χ0) is 17.8. The number of hydrogen-bond donors (Lipinski definition) is 2. The van der Waals surface area contributed by atoms with E-state index >= 15 is 0 Å². The molecule has 7 nitrogen and oxygen atoms in total. The predicted octanol–water partition coefficient (Wildman–Crippen LogP) is 1.00. The molecular formula is C17H21FN4O3. The minimum Gasteiger partial charge on any atom is -0.484 e. The molecule has 1 aliphatic carbocycles. The van der Waals surface area contributed by atoms with E-state index in [1.165, 1.54) is 18.2 Å². The minimum atomic E-state index is -0.494. The van der Waals surface area contributed by atoms with Gasteiger partial charge in [0.2, 0.25) is 0 Å². The molecule has 0 spiro atoms. The number of carbonyl (C=O) groups excluding carboxylic acids is 1. The van der Waals surface area contributed by atoms with E-state index in [1.807, 2.05) is 11.6 Å². The lowest BCUT2D eigenvalue weighted by Gasteiger charge is -2.15. The number of ether oxygens (including phenoxy) is 1. The second kappa shape index (κ2) is 7.60. The number of amides is 1. The number of nitrogens with zero attached hydrogens (tertiary/aromatic N) is 3. The van der Waals surface area contributed by atoms with Crippen molar-refractivity contribution in [3.63, 3.8) is 0 Å². The van der Waals surface area contributed by atoms with E-state index in [1.54, 1.807) is 12.4 Å². The van der Waals surface area contributed by atoms with Crippen LogP contribution in [0, 0.1) is 11.7 Å². The topological polar surface area (TPSA) is 89.3 Å². The van der Waals surface area contributed by atoms with Crippen molar-refractivity contribution in [3.8, 4) is 5.75 Å². The Morgan fingerprint density at radius 1 is 1.48 bits per heavy atom. The van der Waals surface area contributed by atoms with Gasteiger partial charge >= 0.3 is 0 Å². The molecular weight excluding hydrogens is 327 g/mol. The fraction of sp³-hybridized carbons (Fsp3) is 0.471. The van der Waals surface area contributed by atoms with E-state index in [0.29, 0.717) is 18.7 Å². The van der Waals surface area contributed by atoms with Crippen molar-refractivity contribution in [3.05, 3.63) is 42.2 Å². The quantitative estimate of drug-likeness (QED) is 0.813. The zero-order valence-corrected chi connectivity index (χ0v) is 13.9. The van der Waals surface area contributed by atoms with Crippen molar-refractivity contribution < 1.29 is 19.0 Å². The van der Waals surface area contributed by atoms with Crippen molar-refractivity contribution >= 4 is 5.91 Å². The van der Waals surface area contributed by atoms with E-state index in [-0.39, 0.29) is 24.3 Å². The smallest absolute Gasteiger partial charge is 0.257 e. The number of hydrogen-bond acceptors (Lipinski definition) is 5. The highest BCUT2D eigenvalue weighted by atomic mass is 19.1. The summed E-state index contributed by atoms with van der Waals surface area (Å²) in [6.07, 6.45) is 2.48. The van der Waals surface area contributed by atoms with Gasteiger partial charge in [0.25, 0.3) is 5.91 Å². The van der Waals surface area contributed by atoms with Gasteiger partial charge in [-0.2, -0.15) is 0 Å². The van der Waals surface area contributed by atoms with Crippen molar-refractivity contribution in [2.75, 3.05) is 13.2 Å². The molecule has 1 saturated carbocycles. The Bertz CT molecular complexity index is 736. The maximum Gasteiger partial charge on any atom is 0.257 e. The van der Waals surface area contributed by atoms with Crippen LogP contribution in [0.2, 0.25) is 0 Å². The zero-order valence-electron chi connectivity index (χ0n) is 13.9.